The quantitative estimate of drug-likeness (QED) is 0.231. The number of nitrogens with zero attached hydrogens (tertiary/aromatic N) is 5. The molecule has 5 aromatic rings. The van der Waals surface area contributed by atoms with Crippen molar-refractivity contribution in [2.24, 2.45) is 0 Å². The molecule has 0 amide bonds. The number of nitrogens with two attached hydrogens (primary N) is 1. The highest BCUT2D eigenvalue weighted by Crippen LogP contribution is 2.32. The Hall–Kier alpha value is -4.65. The van der Waals surface area contributed by atoms with Gasteiger partial charge in [0.2, 0.25) is 17.4 Å². The zero-order chi connectivity index (χ0) is 31.4. The molecule has 0 bridgehead atoms. The highest BCUT2D eigenvalue weighted by molar-refractivity contribution is 6.12. The van der Waals surface area contributed by atoms with Crippen molar-refractivity contribution in [1.29, 1.82) is 0 Å². The number of carbonyl (C=O) groups is 1. The molecular formula is C33H33F2N7O3. The summed E-state index contributed by atoms with van der Waals surface area (Å²) in [5.41, 5.74) is 11.5. The number of anilines is 1. The molecule has 45 heavy (non-hydrogen) atoms. The van der Waals surface area contributed by atoms with Gasteiger partial charge in [-0.05, 0) is 67.8 Å². The number of para-hydroxylation sites is 1. The van der Waals surface area contributed by atoms with Crippen LogP contribution < -0.4 is 10.5 Å². The Morgan fingerprint density at radius 3 is 2.69 bits per heavy atom. The minimum absolute atomic E-state index is 0.00438. The van der Waals surface area contributed by atoms with Crippen molar-refractivity contribution in [1.82, 2.24) is 29.5 Å². The first-order chi connectivity index (χ1) is 21.7. The molecule has 0 radical (unpaired) electrons. The van der Waals surface area contributed by atoms with E-state index >= 15 is 0 Å². The molecule has 2 atom stereocenters. The summed E-state index contributed by atoms with van der Waals surface area (Å²) in [6, 6.07) is 11.1. The van der Waals surface area contributed by atoms with Crippen molar-refractivity contribution in [3.8, 4) is 17.3 Å². The summed E-state index contributed by atoms with van der Waals surface area (Å²) in [7, 11) is 2.07. The molecule has 0 aliphatic carbocycles. The molecule has 1 saturated heterocycles. The number of nitrogen functional groups attached to an aromatic ring is 1. The number of ketones is 1. The number of halogens is 2. The van der Waals surface area contributed by atoms with Crippen molar-refractivity contribution in [2.75, 3.05) is 32.4 Å². The number of hydrogen-bond acceptors (Lipinski definition) is 8. The van der Waals surface area contributed by atoms with Crippen molar-refractivity contribution in [3.05, 3.63) is 94.4 Å². The van der Waals surface area contributed by atoms with Crippen LogP contribution in [0.4, 0.5) is 14.6 Å². The number of ether oxygens (including phenoxy) is 1. The second-order valence-corrected chi connectivity index (χ2v) is 11.9. The number of likely N-dealkylation sites (tertiary alicyclic amines) is 1. The third-order valence-electron chi connectivity index (χ3n) is 9.02. The number of aliphatic hydroxyl groups is 1. The van der Waals surface area contributed by atoms with E-state index in [1.165, 1.54) is 40.3 Å². The molecule has 4 N–H and O–H groups in total. The number of aryl methyl sites for hydroxylation is 1. The van der Waals surface area contributed by atoms with Crippen LogP contribution in [0.15, 0.2) is 54.9 Å². The van der Waals surface area contributed by atoms with Gasteiger partial charge in [0, 0.05) is 49.2 Å². The number of pyridine rings is 1. The van der Waals surface area contributed by atoms with Crippen molar-refractivity contribution in [2.45, 2.75) is 38.5 Å². The van der Waals surface area contributed by atoms with Crippen LogP contribution in [0, 0.1) is 18.6 Å². The van der Waals surface area contributed by atoms with Gasteiger partial charge in [-0.15, -0.1) is 0 Å². The van der Waals surface area contributed by atoms with Crippen LogP contribution in [0.2, 0.25) is 0 Å². The molecule has 10 nitrogen and oxygen atoms in total. The molecular weight excluding hydrogens is 580 g/mol. The molecule has 3 aromatic heterocycles. The molecule has 2 aliphatic rings. The lowest BCUT2D eigenvalue weighted by Crippen LogP contribution is -2.45. The molecule has 232 valence electrons. The molecule has 7 rings (SSSR count). The predicted octanol–water partition coefficient (Wildman–Crippen LogP) is 4.36. The summed E-state index contributed by atoms with van der Waals surface area (Å²) in [6.45, 7) is 5.16. The van der Waals surface area contributed by atoms with Crippen molar-refractivity contribution in [3.63, 3.8) is 0 Å². The van der Waals surface area contributed by atoms with Gasteiger partial charge in [-0.25, -0.2) is 18.4 Å². The van der Waals surface area contributed by atoms with Crippen LogP contribution in [-0.2, 0) is 13.0 Å². The van der Waals surface area contributed by atoms with E-state index in [-0.39, 0.29) is 35.2 Å². The number of carbonyl (C=O) groups excluding carboxylic acids is 1. The summed E-state index contributed by atoms with van der Waals surface area (Å²) in [4.78, 5) is 25.7. The van der Waals surface area contributed by atoms with Crippen molar-refractivity contribution >= 4 is 22.5 Å². The van der Waals surface area contributed by atoms with Crippen LogP contribution in [-0.4, -0.2) is 79.3 Å². The van der Waals surface area contributed by atoms with Gasteiger partial charge in [-0.3, -0.25) is 14.6 Å². The number of aromatic amines is 1. The van der Waals surface area contributed by atoms with Gasteiger partial charge >= 0.3 is 0 Å². The van der Waals surface area contributed by atoms with Gasteiger partial charge < -0.3 is 20.6 Å². The standard InChI is InChI=1S/C33H33F2N7O3/c1-18-12-30(45-32-23(34)4-3-5-24(32)35)37-15-27(18)42-33(36)22(14-38-42)31(44)26-13-21-20-8-11-41(16-19(20)6-7-25(21)39-26)17-28-29(43)9-10-40(28)2/h3-7,12-15,28-29,39,43H,8-11,16-17,36H2,1-2H3. The summed E-state index contributed by atoms with van der Waals surface area (Å²) in [6.07, 6.45) is 4.21. The maximum Gasteiger partial charge on any atom is 0.219 e. The molecule has 0 spiro atoms. The minimum atomic E-state index is -0.842. The summed E-state index contributed by atoms with van der Waals surface area (Å²) >= 11 is 0. The van der Waals surface area contributed by atoms with E-state index in [9.17, 15) is 18.7 Å². The number of aliphatic hydroxyl groups excluding tert-OH is 1. The maximum absolute atomic E-state index is 14.0. The van der Waals surface area contributed by atoms with E-state index in [2.05, 4.69) is 38.0 Å². The Morgan fingerprint density at radius 1 is 1.16 bits per heavy atom. The number of rotatable bonds is 7. The molecule has 0 saturated carbocycles. The van der Waals surface area contributed by atoms with Gasteiger partial charge in [0.1, 0.15) is 5.82 Å². The van der Waals surface area contributed by atoms with E-state index in [0.717, 1.165) is 62.1 Å². The van der Waals surface area contributed by atoms with E-state index in [0.29, 0.717) is 16.9 Å². The summed E-state index contributed by atoms with van der Waals surface area (Å²) < 4.78 is 34.8. The fraction of sp³-hybridized carbons (Fsp3) is 0.303. The second kappa shape index (κ2) is 11.4. The van der Waals surface area contributed by atoms with E-state index < -0.39 is 17.4 Å². The number of nitrogens with one attached hydrogen (secondary N) is 1. The second-order valence-electron chi connectivity index (χ2n) is 11.9. The average Bonchev–Trinajstić information content (AvgIpc) is 3.72. The third kappa shape index (κ3) is 5.24. The molecule has 2 unspecified atom stereocenters. The van der Waals surface area contributed by atoms with E-state index in [4.69, 9.17) is 10.5 Å². The van der Waals surface area contributed by atoms with Gasteiger partial charge in [0.05, 0.1) is 35.4 Å². The van der Waals surface area contributed by atoms with Gasteiger partial charge in [0.25, 0.3) is 0 Å². The third-order valence-corrected chi connectivity index (χ3v) is 9.02. The van der Waals surface area contributed by atoms with Crippen molar-refractivity contribution < 1.29 is 23.4 Å². The van der Waals surface area contributed by atoms with Crippen LogP contribution in [0.1, 0.15) is 39.2 Å². The topological polar surface area (TPSA) is 126 Å². The number of benzene rings is 2. The van der Waals surface area contributed by atoms with Gasteiger partial charge in [-0.2, -0.15) is 5.10 Å². The first kappa shape index (κ1) is 29.1. The van der Waals surface area contributed by atoms with Crippen LogP contribution in [0.25, 0.3) is 16.6 Å². The Labute approximate surface area is 258 Å². The molecule has 1 fully saturated rings. The fourth-order valence-electron chi connectivity index (χ4n) is 6.49. The lowest BCUT2D eigenvalue weighted by molar-refractivity contribution is 0.0896. The Morgan fingerprint density at radius 2 is 1.96 bits per heavy atom. The lowest BCUT2D eigenvalue weighted by Gasteiger charge is -2.34. The highest BCUT2D eigenvalue weighted by atomic mass is 19.1. The van der Waals surface area contributed by atoms with E-state index in [1.54, 1.807) is 6.92 Å². The summed E-state index contributed by atoms with van der Waals surface area (Å²) in [5.74, 6) is -2.39. The number of likely N-dealkylation sites (N-methyl/N-ethyl adjacent to an activating group) is 1. The predicted molar refractivity (Wildman–Crippen MR) is 165 cm³/mol. The average molecular weight is 614 g/mol. The number of aromatic nitrogens is 4. The van der Waals surface area contributed by atoms with Gasteiger partial charge in [-0.1, -0.05) is 12.1 Å². The highest BCUT2D eigenvalue weighted by Gasteiger charge is 2.33. The maximum atomic E-state index is 14.0. The van der Waals surface area contributed by atoms with Crippen LogP contribution in [0.5, 0.6) is 11.6 Å². The Balaban J connectivity index is 1.11. The van der Waals surface area contributed by atoms with Crippen LogP contribution >= 0.6 is 0 Å². The molecule has 5 heterocycles. The monoisotopic (exact) mass is 613 g/mol. The number of H-pyrrole nitrogens is 1. The molecule has 2 aromatic carbocycles. The normalized spacial score (nSPS) is 18.9. The molecule has 2 aliphatic heterocycles. The lowest BCUT2D eigenvalue weighted by atomic mass is 9.95. The zero-order valence-electron chi connectivity index (χ0n) is 24.9. The SMILES string of the molecule is Cc1cc(Oc2c(F)cccc2F)ncc1-n1ncc(C(=O)c2cc3c4c(ccc3[nH]2)CN(CC2C(O)CCN2C)CC4)c1N. The molecule has 12 heteroatoms. The number of fused-ring (bicyclic) bond motifs is 3. The van der Waals surface area contributed by atoms with Gasteiger partial charge in [0.15, 0.2) is 11.6 Å². The van der Waals surface area contributed by atoms with Crippen LogP contribution in [0.3, 0.4) is 0 Å². The largest absolute Gasteiger partial charge is 0.433 e. The summed E-state index contributed by atoms with van der Waals surface area (Å²) in [5, 5.41) is 15.8. The Kier molecular flexibility index (Phi) is 7.35. The van der Waals surface area contributed by atoms with E-state index in [1.807, 2.05) is 12.1 Å². The first-order valence-corrected chi connectivity index (χ1v) is 14.9. The number of hydrogen-bond donors (Lipinski definition) is 3. The minimum Gasteiger partial charge on any atom is -0.433 e. The smallest absolute Gasteiger partial charge is 0.219 e. The Bertz CT molecular complexity index is 1910. The fourth-order valence-corrected chi connectivity index (χ4v) is 6.49. The zero-order valence-corrected chi connectivity index (χ0v) is 24.9. The first-order valence-electron chi connectivity index (χ1n) is 14.9.